The molecule has 33 heavy (non-hydrogen) atoms. The van der Waals surface area contributed by atoms with Gasteiger partial charge in [-0.3, -0.25) is 15.0 Å². The fourth-order valence-corrected chi connectivity index (χ4v) is 3.91. The zero-order chi connectivity index (χ0) is 24.7. The van der Waals surface area contributed by atoms with Gasteiger partial charge in [0.15, 0.2) is 0 Å². The lowest BCUT2D eigenvalue weighted by Crippen LogP contribution is -2.56. The number of amides is 2. The van der Waals surface area contributed by atoms with Crippen molar-refractivity contribution >= 4 is 40.9 Å². The molecule has 0 saturated carbocycles. The second-order valence-electron chi connectivity index (χ2n) is 9.04. The Kier molecular flexibility index (Phi) is 6.30. The van der Waals surface area contributed by atoms with Crippen LogP contribution in [-0.4, -0.2) is 60.1 Å². The van der Waals surface area contributed by atoms with Gasteiger partial charge < -0.3 is 5.11 Å². The van der Waals surface area contributed by atoms with Gasteiger partial charge in [-0.25, -0.2) is 17.8 Å². The fourth-order valence-electron chi connectivity index (χ4n) is 3.39. The van der Waals surface area contributed by atoms with Gasteiger partial charge in [0.25, 0.3) is 11.8 Å². The molecular weight excluding hydrogens is 443 g/mol. The summed E-state index contributed by atoms with van der Waals surface area (Å²) in [6, 6.07) is 8.11. The first-order valence-corrected chi connectivity index (χ1v) is 12.0. The minimum Gasteiger partial charge on any atom is -0.507 e. The molecule has 3 rings (SSSR count). The molecule has 0 unspecified atom stereocenters. The number of carbonyl (C=O) groups is 2. The molecule has 11 heteroatoms. The van der Waals surface area contributed by atoms with Gasteiger partial charge >= 0.3 is 7.41 Å². The van der Waals surface area contributed by atoms with Gasteiger partial charge in [0.05, 0.1) is 23.6 Å². The first-order chi connectivity index (χ1) is 15.2. The quantitative estimate of drug-likeness (QED) is 0.521. The fraction of sp³-hybridized carbons (Fsp3) is 0.318. The molecule has 0 atom stereocenters. The first-order valence-electron chi connectivity index (χ1n) is 10.2. The minimum absolute atomic E-state index is 0.0797. The average molecular weight is 469 g/mol. The van der Waals surface area contributed by atoms with Gasteiger partial charge in [-0.05, 0) is 69.9 Å². The Hall–Kier alpha value is -3.34. The van der Waals surface area contributed by atoms with Gasteiger partial charge in [0.2, 0.25) is 10.0 Å². The highest BCUT2D eigenvalue weighted by Crippen LogP contribution is 2.21. The van der Waals surface area contributed by atoms with Crippen molar-refractivity contribution in [2.24, 2.45) is 5.10 Å². The number of phenols is 1. The number of aryl methyl sites for hydroxylation is 2. The molecule has 2 aromatic carbocycles. The number of hydrazone groups is 1. The van der Waals surface area contributed by atoms with Gasteiger partial charge in [-0.2, -0.15) is 5.10 Å². The highest BCUT2D eigenvalue weighted by Gasteiger charge is 2.31. The summed E-state index contributed by atoms with van der Waals surface area (Å²) in [6.07, 6.45) is 2.29. The molecule has 9 nitrogen and oxygen atoms in total. The maximum atomic E-state index is 13.3. The number of benzene rings is 2. The third kappa shape index (κ3) is 5.36. The molecule has 0 saturated heterocycles. The second-order valence-corrected chi connectivity index (χ2v) is 10.9. The monoisotopic (exact) mass is 469 g/mol. The van der Waals surface area contributed by atoms with E-state index in [4.69, 9.17) is 0 Å². The molecule has 2 N–H and O–H groups in total. The number of carbonyl (C=O) groups excluding carboxylic acids is 2. The SMILES string of the molecule is Cc1cc(C)cc(C(=O)N(NC(=O)c2cc3c(cc2O)[B]N(S(C)(=O)=O)N=C3)C(C)(C)C)c1. The Morgan fingerprint density at radius 1 is 1.09 bits per heavy atom. The second kappa shape index (κ2) is 8.55. The number of hydrazine groups is 1. The van der Waals surface area contributed by atoms with Crippen LogP contribution in [0.25, 0.3) is 0 Å². The van der Waals surface area contributed by atoms with Gasteiger partial charge in [-0.15, -0.1) is 0 Å². The van der Waals surface area contributed by atoms with Crippen LogP contribution in [-0.2, 0) is 10.0 Å². The van der Waals surface area contributed by atoms with Crippen molar-refractivity contribution in [3.05, 3.63) is 58.1 Å². The van der Waals surface area contributed by atoms with Gasteiger partial charge in [-0.1, -0.05) is 17.2 Å². The Balaban J connectivity index is 1.92. The van der Waals surface area contributed by atoms with Crippen molar-refractivity contribution in [1.82, 2.24) is 14.8 Å². The molecule has 1 radical (unpaired) electrons. The maximum Gasteiger partial charge on any atom is 0.334 e. The van der Waals surface area contributed by atoms with Gasteiger partial charge in [0, 0.05) is 5.56 Å². The molecular formula is C22H26BN4O5S. The van der Waals surface area contributed by atoms with Crippen LogP contribution in [0.2, 0.25) is 0 Å². The minimum atomic E-state index is -3.61. The van der Waals surface area contributed by atoms with E-state index in [1.807, 2.05) is 19.9 Å². The van der Waals surface area contributed by atoms with Crippen LogP contribution < -0.4 is 10.9 Å². The van der Waals surface area contributed by atoms with Gasteiger partial charge in [0.1, 0.15) is 5.75 Å². The molecule has 1 aliphatic rings. The number of phenolic OH excluding ortho intramolecular Hbond substituents is 1. The summed E-state index contributed by atoms with van der Waals surface area (Å²) in [6.45, 7) is 9.11. The van der Waals surface area contributed by atoms with E-state index in [0.717, 1.165) is 21.7 Å². The summed E-state index contributed by atoms with van der Waals surface area (Å²) in [7, 11) is -2.36. The smallest absolute Gasteiger partial charge is 0.334 e. The number of hydrogen-bond acceptors (Lipinski definition) is 6. The predicted octanol–water partition coefficient (Wildman–Crippen LogP) is 1.45. The Morgan fingerprint density at radius 2 is 1.70 bits per heavy atom. The number of nitrogens with zero attached hydrogens (tertiary/aromatic N) is 3. The van der Waals surface area contributed by atoms with Crippen molar-refractivity contribution in [2.75, 3.05) is 6.26 Å². The van der Waals surface area contributed by atoms with Crippen molar-refractivity contribution < 1.29 is 23.1 Å². The van der Waals surface area contributed by atoms with Crippen molar-refractivity contribution in [3.63, 3.8) is 0 Å². The normalized spacial score (nSPS) is 13.2. The van der Waals surface area contributed by atoms with Crippen LogP contribution in [0.5, 0.6) is 5.75 Å². The van der Waals surface area contributed by atoms with E-state index in [1.165, 1.54) is 30.8 Å². The lowest BCUT2D eigenvalue weighted by molar-refractivity contribution is 0.0357. The van der Waals surface area contributed by atoms with Crippen molar-refractivity contribution in [3.8, 4) is 5.75 Å². The number of aromatic hydroxyl groups is 1. The first kappa shape index (κ1) is 24.3. The van der Waals surface area contributed by atoms with Crippen LogP contribution >= 0.6 is 0 Å². The molecule has 173 valence electrons. The summed E-state index contributed by atoms with van der Waals surface area (Å²) in [4.78, 5) is 26.3. The predicted molar refractivity (Wildman–Crippen MR) is 127 cm³/mol. The van der Waals surface area contributed by atoms with Crippen LogP contribution in [0.15, 0.2) is 35.4 Å². The largest absolute Gasteiger partial charge is 0.507 e. The lowest BCUT2D eigenvalue weighted by atomic mass is 9.78. The molecule has 0 aromatic heterocycles. The number of nitrogens with one attached hydrogen (secondary N) is 1. The van der Waals surface area contributed by atoms with Crippen LogP contribution in [0.1, 0.15) is 58.2 Å². The molecule has 2 amide bonds. The Morgan fingerprint density at radius 3 is 2.24 bits per heavy atom. The van der Waals surface area contributed by atoms with Crippen LogP contribution in [0.3, 0.4) is 0 Å². The number of fused-ring (bicyclic) bond motifs is 1. The molecule has 0 spiro atoms. The van der Waals surface area contributed by atoms with E-state index >= 15 is 0 Å². The van der Waals surface area contributed by atoms with E-state index in [-0.39, 0.29) is 11.3 Å². The van der Waals surface area contributed by atoms with E-state index in [1.54, 1.807) is 32.9 Å². The van der Waals surface area contributed by atoms with E-state index in [9.17, 15) is 23.1 Å². The zero-order valence-corrected chi connectivity index (χ0v) is 20.2. The number of sulfonamides is 1. The third-order valence-corrected chi connectivity index (χ3v) is 5.78. The molecule has 1 aliphatic heterocycles. The van der Waals surface area contributed by atoms with E-state index in [2.05, 4.69) is 10.5 Å². The Labute approximate surface area is 194 Å². The lowest BCUT2D eigenvalue weighted by Gasteiger charge is -2.35. The third-order valence-electron chi connectivity index (χ3n) is 4.90. The number of hydrogen-bond donors (Lipinski definition) is 2. The summed E-state index contributed by atoms with van der Waals surface area (Å²) < 4.78 is 24.2. The highest BCUT2D eigenvalue weighted by molar-refractivity contribution is 7.89. The molecule has 0 bridgehead atoms. The molecule has 1 heterocycles. The van der Waals surface area contributed by atoms with Crippen molar-refractivity contribution in [1.29, 1.82) is 0 Å². The summed E-state index contributed by atoms with van der Waals surface area (Å²) in [5, 5.41) is 15.5. The van der Waals surface area contributed by atoms with E-state index in [0.29, 0.717) is 16.6 Å². The Bertz CT molecular complexity index is 1250. The zero-order valence-electron chi connectivity index (χ0n) is 19.4. The average Bonchev–Trinajstić information content (AvgIpc) is 2.68. The van der Waals surface area contributed by atoms with Crippen molar-refractivity contribution in [2.45, 2.75) is 40.2 Å². The van der Waals surface area contributed by atoms with E-state index < -0.39 is 27.4 Å². The summed E-state index contributed by atoms with van der Waals surface area (Å²) in [5.41, 5.74) is 4.87. The van der Waals surface area contributed by atoms with Crippen LogP contribution in [0, 0.1) is 13.8 Å². The van der Waals surface area contributed by atoms with Crippen LogP contribution in [0.4, 0.5) is 0 Å². The highest BCUT2D eigenvalue weighted by atomic mass is 32.2. The molecule has 2 aromatic rings. The summed E-state index contributed by atoms with van der Waals surface area (Å²) in [5.74, 6) is -1.44. The summed E-state index contributed by atoms with van der Waals surface area (Å²) >= 11 is 0. The maximum absolute atomic E-state index is 13.3. The molecule has 0 aliphatic carbocycles. The number of rotatable bonds is 3. The standard InChI is InChI=1S/C22H26BN4O5S/c1-13-7-14(2)9-15(8-13)21(30)26(22(3,4)5)25-20(29)17-10-16-12-24-27(33(6,31)32)23-18(16)11-19(17)28/h7-12,28H,1-6H3,(H,25,29). The topological polar surface area (TPSA) is 119 Å². The molecule has 0 fully saturated rings.